The highest BCUT2D eigenvalue weighted by atomic mass is 32.2. The number of furan rings is 1. The van der Waals surface area contributed by atoms with E-state index in [0.717, 1.165) is 9.87 Å². The van der Waals surface area contributed by atoms with E-state index < -0.39 is 28.4 Å². The van der Waals surface area contributed by atoms with Crippen LogP contribution in [0, 0.1) is 6.92 Å². The van der Waals surface area contributed by atoms with Crippen LogP contribution in [-0.4, -0.2) is 37.6 Å². The van der Waals surface area contributed by atoms with Crippen LogP contribution in [0.3, 0.4) is 0 Å². The molecule has 0 saturated heterocycles. The molecule has 2 aromatic rings. The van der Waals surface area contributed by atoms with E-state index in [0.29, 0.717) is 5.76 Å². The number of amides is 2. The lowest BCUT2D eigenvalue weighted by atomic mass is 10.2. The molecule has 0 spiro atoms. The van der Waals surface area contributed by atoms with Gasteiger partial charge in [-0.3, -0.25) is 9.59 Å². The Morgan fingerprint density at radius 2 is 1.88 bits per heavy atom. The smallest absolute Gasteiger partial charge is 0.243 e. The first-order chi connectivity index (χ1) is 11.8. The Bertz CT molecular complexity index is 829. The van der Waals surface area contributed by atoms with E-state index >= 15 is 0 Å². The summed E-state index contributed by atoms with van der Waals surface area (Å²) in [7, 11) is -3.93. The maximum absolute atomic E-state index is 12.9. The minimum atomic E-state index is -3.93. The zero-order valence-electron chi connectivity index (χ0n) is 13.6. The van der Waals surface area contributed by atoms with Gasteiger partial charge in [0.15, 0.2) is 0 Å². The molecule has 9 heteroatoms. The molecule has 0 aliphatic carbocycles. The van der Waals surface area contributed by atoms with Gasteiger partial charge in [-0.2, -0.15) is 4.31 Å². The van der Waals surface area contributed by atoms with Crippen molar-refractivity contribution >= 4 is 21.8 Å². The van der Waals surface area contributed by atoms with E-state index in [1.807, 2.05) is 6.92 Å². The van der Waals surface area contributed by atoms with E-state index in [2.05, 4.69) is 5.32 Å². The third-order valence-electron chi connectivity index (χ3n) is 3.35. The summed E-state index contributed by atoms with van der Waals surface area (Å²) in [4.78, 5) is 22.8. The summed E-state index contributed by atoms with van der Waals surface area (Å²) in [6.45, 7) is 0.893. The lowest BCUT2D eigenvalue weighted by Crippen LogP contribution is -2.42. The van der Waals surface area contributed by atoms with Crippen LogP contribution in [0.15, 0.2) is 52.0 Å². The number of sulfonamides is 1. The van der Waals surface area contributed by atoms with Crippen LogP contribution < -0.4 is 11.1 Å². The first-order valence-electron chi connectivity index (χ1n) is 7.43. The van der Waals surface area contributed by atoms with Crippen LogP contribution in [-0.2, 0) is 26.2 Å². The van der Waals surface area contributed by atoms with Crippen molar-refractivity contribution < 1.29 is 22.4 Å². The maximum Gasteiger partial charge on any atom is 0.243 e. The molecule has 2 rings (SSSR count). The van der Waals surface area contributed by atoms with Gasteiger partial charge in [-0.05, 0) is 31.2 Å². The number of nitrogens with two attached hydrogens (primary N) is 1. The molecule has 1 heterocycles. The van der Waals surface area contributed by atoms with Crippen LogP contribution >= 0.6 is 0 Å². The fourth-order valence-corrected chi connectivity index (χ4v) is 3.43. The van der Waals surface area contributed by atoms with Crippen LogP contribution in [0.4, 0.5) is 0 Å². The molecule has 0 fully saturated rings. The average Bonchev–Trinajstić information content (AvgIpc) is 3.06. The lowest BCUT2D eigenvalue weighted by Gasteiger charge is -2.21. The highest BCUT2D eigenvalue weighted by molar-refractivity contribution is 7.89. The average molecular weight is 365 g/mol. The van der Waals surface area contributed by atoms with E-state index in [9.17, 15) is 18.0 Å². The van der Waals surface area contributed by atoms with Gasteiger partial charge in [0.25, 0.3) is 0 Å². The van der Waals surface area contributed by atoms with Crippen LogP contribution in [0.25, 0.3) is 0 Å². The van der Waals surface area contributed by atoms with Crippen LogP contribution in [0.5, 0.6) is 0 Å². The van der Waals surface area contributed by atoms with Crippen molar-refractivity contribution in [2.24, 2.45) is 5.73 Å². The number of hydrogen-bond acceptors (Lipinski definition) is 5. The molecule has 1 aromatic heterocycles. The number of carbonyl (C=O) groups excluding carboxylic acids is 2. The highest BCUT2D eigenvalue weighted by Crippen LogP contribution is 2.19. The normalized spacial score (nSPS) is 11.4. The predicted molar refractivity (Wildman–Crippen MR) is 89.7 cm³/mol. The van der Waals surface area contributed by atoms with Gasteiger partial charge in [-0.1, -0.05) is 17.7 Å². The third kappa shape index (κ3) is 5.16. The molecule has 0 aliphatic rings. The molecular formula is C16H19N3O5S. The second-order valence-electron chi connectivity index (χ2n) is 5.41. The van der Waals surface area contributed by atoms with Gasteiger partial charge < -0.3 is 15.5 Å². The predicted octanol–water partition coefficient (Wildman–Crippen LogP) is 0.380. The topological polar surface area (TPSA) is 123 Å². The van der Waals surface area contributed by atoms with Crippen molar-refractivity contribution in [1.82, 2.24) is 9.62 Å². The Balaban J connectivity index is 2.25. The van der Waals surface area contributed by atoms with E-state index in [-0.39, 0.29) is 18.0 Å². The summed E-state index contributed by atoms with van der Waals surface area (Å²) < 4.78 is 31.9. The molecule has 8 nitrogen and oxygen atoms in total. The molecule has 0 unspecified atom stereocenters. The Morgan fingerprint density at radius 3 is 2.44 bits per heavy atom. The van der Waals surface area contributed by atoms with Gasteiger partial charge in [-0.15, -0.1) is 0 Å². The van der Waals surface area contributed by atoms with Crippen molar-refractivity contribution in [3.63, 3.8) is 0 Å². The molecule has 0 aliphatic heterocycles. The number of nitrogens with one attached hydrogen (secondary N) is 1. The summed E-state index contributed by atoms with van der Waals surface area (Å²) >= 11 is 0. The molecule has 3 N–H and O–H groups in total. The minimum absolute atomic E-state index is 0.0624. The van der Waals surface area contributed by atoms with Crippen molar-refractivity contribution in [1.29, 1.82) is 0 Å². The van der Waals surface area contributed by atoms with Crippen molar-refractivity contribution in [3.05, 3.63) is 54.0 Å². The molecule has 0 radical (unpaired) electrons. The van der Waals surface area contributed by atoms with Gasteiger partial charge in [-0.25, -0.2) is 8.42 Å². The van der Waals surface area contributed by atoms with Crippen molar-refractivity contribution in [2.75, 3.05) is 13.1 Å². The number of benzene rings is 1. The largest absolute Gasteiger partial charge is 0.468 e. The minimum Gasteiger partial charge on any atom is -0.468 e. The first-order valence-corrected chi connectivity index (χ1v) is 8.87. The zero-order chi connectivity index (χ0) is 18.4. The Kier molecular flexibility index (Phi) is 5.94. The van der Waals surface area contributed by atoms with E-state index in [1.54, 1.807) is 24.3 Å². The fourth-order valence-electron chi connectivity index (χ4n) is 2.06. The Labute approximate surface area is 145 Å². The zero-order valence-corrected chi connectivity index (χ0v) is 14.5. The number of primary amides is 1. The van der Waals surface area contributed by atoms with E-state index in [4.69, 9.17) is 10.2 Å². The van der Waals surface area contributed by atoms with Gasteiger partial charge in [0.2, 0.25) is 21.8 Å². The van der Waals surface area contributed by atoms with Crippen molar-refractivity contribution in [2.45, 2.75) is 18.4 Å². The monoisotopic (exact) mass is 365 g/mol. The molecular weight excluding hydrogens is 346 g/mol. The Hall–Kier alpha value is -2.65. The van der Waals surface area contributed by atoms with Gasteiger partial charge in [0.05, 0.1) is 30.8 Å². The Morgan fingerprint density at radius 1 is 1.20 bits per heavy atom. The quantitative estimate of drug-likeness (QED) is 0.700. The number of carbonyl (C=O) groups is 2. The molecule has 0 bridgehead atoms. The standard InChI is InChI=1S/C16H19N3O5S/c1-12-4-6-14(7-5-12)25(22,23)19(10-13-3-2-8-24-13)11-16(21)18-9-15(17)20/h2-8H,9-11H2,1H3,(H2,17,20)(H,18,21). The summed E-state index contributed by atoms with van der Waals surface area (Å²) in [5.41, 5.74) is 5.88. The van der Waals surface area contributed by atoms with Gasteiger partial charge in [0, 0.05) is 0 Å². The maximum atomic E-state index is 12.9. The molecule has 0 saturated carbocycles. The molecule has 25 heavy (non-hydrogen) atoms. The van der Waals surface area contributed by atoms with E-state index in [1.165, 1.54) is 18.4 Å². The van der Waals surface area contributed by atoms with Crippen LogP contribution in [0.2, 0.25) is 0 Å². The molecule has 134 valence electrons. The summed E-state index contributed by atoms with van der Waals surface area (Å²) in [6, 6.07) is 9.52. The summed E-state index contributed by atoms with van der Waals surface area (Å²) in [5, 5.41) is 2.27. The van der Waals surface area contributed by atoms with Gasteiger partial charge in [0.1, 0.15) is 5.76 Å². The van der Waals surface area contributed by atoms with Gasteiger partial charge >= 0.3 is 0 Å². The highest BCUT2D eigenvalue weighted by Gasteiger charge is 2.27. The lowest BCUT2D eigenvalue weighted by molar-refractivity contribution is -0.125. The summed E-state index contributed by atoms with van der Waals surface area (Å²) in [5.74, 6) is -0.966. The van der Waals surface area contributed by atoms with Crippen molar-refractivity contribution in [3.8, 4) is 0 Å². The third-order valence-corrected chi connectivity index (χ3v) is 5.16. The molecule has 2 amide bonds. The SMILES string of the molecule is Cc1ccc(S(=O)(=O)N(CC(=O)NCC(N)=O)Cc2ccco2)cc1. The number of rotatable bonds is 8. The number of nitrogens with zero attached hydrogens (tertiary/aromatic N) is 1. The fraction of sp³-hybridized carbons (Fsp3) is 0.250. The number of hydrogen-bond donors (Lipinski definition) is 2. The molecule has 1 aromatic carbocycles. The molecule has 0 atom stereocenters. The second-order valence-corrected chi connectivity index (χ2v) is 7.35. The first kappa shape index (κ1) is 18.7. The second kappa shape index (κ2) is 7.95. The van der Waals surface area contributed by atoms with Crippen LogP contribution in [0.1, 0.15) is 11.3 Å². The summed E-state index contributed by atoms with van der Waals surface area (Å²) in [6.07, 6.45) is 1.42. The number of aryl methyl sites for hydroxylation is 1.